The first-order valence-electron chi connectivity index (χ1n) is 6.72. The predicted octanol–water partition coefficient (Wildman–Crippen LogP) is 3.83. The van der Waals surface area contributed by atoms with Crippen molar-refractivity contribution >= 4 is 0 Å². The third kappa shape index (κ3) is 2.69. The molecule has 20 heavy (non-hydrogen) atoms. The van der Waals surface area contributed by atoms with E-state index in [1.54, 1.807) is 0 Å². The van der Waals surface area contributed by atoms with Gasteiger partial charge in [0.25, 0.3) is 0 Å². The molecule has 2 heteroatoms. The molecule has 0 fully saturated rings. The van der Waals surface area contributed by atoms with E-state index in [2.05, 4.69) is 40.6 Å². The van der Waals surface area contributed by atoms with Crippen LogP contribution in [0.25, 0.3) is 11.1 Å². The lowest BCUT2D eigenvalue weighted by Gasteiger charge is -1.97. The predicted molar refractivity (Wildman–Crippen MR) is 83.0 cm³/mol. The minimum absolute atomic E-state index is 0.992. The summed E-state index contributed by atoms with van der Waals surface area (Å²) in [6, 6.07) is 12.7. The maximum atomic E-state index is 4.37. The molecule has 0 unspecified atom stereocenters. The van der Waals surface area contributed by atoms with Crippen molar-refractivity contribution in [3.05, 3.63) is 90.6 Å². The van der Waals surface area contributed by atoms with Crippen LogP contribution in [0.15, 0.2) is 79.3 Å². The zero-order valence-corrected chi connectivity index (χ0v) is 11.2. The fraction of sp³-hybridized carbons (Fsp3) is 0.0556. The van der Waals surface area contributed by atoms with E-state index in [4.69, 9.17) is 0 Å². The summed E-state index contributed by atoms with van der Waals surface area (Å²) < 4.78 is 0. The van der Waals surface area contributed by atoms with Gasteiger partial charge in [0.05, 0.1) is 5.69 Å². The molecule has 0 bridgehead atoms. The molecule has 0 atom stereocenters. The molecule has 2 nitrogen and oxygen atoms in total. The van der Waals surface area contributed by atoms with Gasteiger partial charge in [0.15, 0.2) is 0 Å². The summed E-state index contributed by atoms with van der Waals surface area (Å²) in [5.41, 5.74) is 5.27. The van der Waals surface area contributed by atoms with E-state index >= 15 is 0 Å². The van der Waals surface area contributed by atoms with Crippen molar-refractivity contribution < 1.29 is 0 Å². The van der Waals surface area contributed by atoms with Crippen LogP contribution < -0.4 is 5.32 Å². The Bertz CT molecular complexity index is 624. The Hall–Kier alpha value is -2.61. The highest BCUT2D eigenvalue weighted by Crippen LogP contribution is 2.34. The molecule has 98 valence electrons. The third-order valence-electron chi connectivity index (χ3n) is 3.27. The quantitative estimate of drug-likeness (QED) is 0.664. The number of rotatable bonds is 0. The molecule has 0 radical (unpaired) electrons. The van der Waals surface area contributed by atoms with Gasteiger partial charge in [-0.05, 0) is 29.3 Å². The molecule has 1 N–H and O–H groups in total. The van der Waals surface area contributed by atoms with E-state index in [1.165, 1.54) is 22.4 Å². The second-order valence-electron chi connectivity index (χ2n) is 4.60. The van der Waals surface area contributed by atoms with Crippen molar-refractivity contribution in [2.24, 2.45) is 0 Å². The van der Waals surface area contributed by atoms with Crippen LogP contribution in [0.2, 0.25) is 0 Å². The average Bonchev–Trinajstić information content (AvgIpc) is 2.68. The monoisotopic (exact) mass is 260 g/mol. The van der Waals surface area contributed by atoms with Gasteiger partial charge in [-0.15, -0.1) is 0 Å². The normalized spacial score (nSPS) is 13.6. The van der Waals surface area contributed by atoms with Crippen LogP contribution in [0, 0.1) is 0 Å². The van der Waals surface area contributed by atoms with Crippen LogP contribution in [-0.4, -0.2) is 4.98 Å². The Morgan fingerprint density at radius 2 is 1.55 bits per heavy atom. The van der Waals surface area contributed by atoms with E-state index in [-0.39, 0.29) is 0 Å². The lowest BCUT2D eigenvalue weighted by atomic mass is 10.1. The SMILES string of the molecule is C1=CC=CNC=C1.c1ccc2c(c1)Cc1ncccc1-2. The molecule has 1 aromatic heterocycles. The maximum absolute atomic E-state index is 4.37. The summed E-state index contributed by atoms with van der Waals surface area (Å²) in [6.07, 6.45) is 14.4. The molecular formula is C18H16N2. The van der Waals surface area contributed by atoms with Crippen molar-refractivity contribution in [1.29, 1.82) is 0 Å². The largest absolute Gasteiger partial charge is 0.368 e. The van der Waals surface area contributed by atoms with Crippen molar-refractivity contribution in [3.63, 3.8) is 0 Å². The molecule has 1 aromatic carbocycles. The Balaban J connectivity index is 0.000000147. The van der Waals surface area contributed by atoms with Gasteiger partial charge in [-0.1, -0.05) is 42.5 Å². The lowest BCUT2D eigenvalue weighted by Crippen LogP contribution is -1.87. The third-order valence-corrected chi connectivity index (χ3v) is 3.27. The fourth-order valence-electron chi connectivity index (χ4n) is 2.35. The van der Waals surface area contributed by atoms with Crippen molar-refractivity contribution in [2.75, 3.05) is 0 Å². The zero-order chi connectivity index (χ0) is 13.6. The van der Waals surface area contributed by atoms with Crippen molar-refractivity contribution in [3.8, 4) is 11.1 Å². The average molecular weight is 260 g/mol. The van der Waals surface area contributed by atoms with Crippen LogP contribution in [-0.2, 0) is 6.42 Å². The Labute approximate surface area is 119 Å². The van der Waals surface area contributed by atoms with Crippen LogP contribution in [0.3, 0.4) is 0 Å². The minimum Gasteiger partial charge on any atom is -0.368 e. The Kier molecular flexibility index (Phi) is 3.74. The highest BCUT2D eigenvalue weighted by atomic mass is 14.8. The molecule has 1 aliphatic heterocycles. The number of nitrogens with one attached hydrogen (secondary N) is 1. The maximum Gasteiger partial charge on any atom is 0.0525 e. The molecule has 0 spiro atoms. The Morgan fingerprint density at radius 3 is 2.40 bits per heavy atom. The van der Waals surface area contributed by atoms with Crippen molar-refractivity contribution in [2.45, 2.75) is 6.42 Å². The number of aromatic nitrogens is 1. The molecule has 0 amide bonds. The number of fused-ring (bicyclic) bond motifs is 3. The second-order valence-corrected chi connectivity index (χ2v) is 4.60. The summed E-state index contributed by atoms with van der Waals surface area (Å²) in [5.74, 6) is 0. The first kappa shape index (κ1) is 12.4. The first-order chi connectivity index (χ1) is 9.95. The summed E-state index contributed by atoms with van der Waals surface area (Å²) >= 11 is 0. The molecule has 2 heterocycles. The van der Waals surface area contributed by atoms with E-state index in [0.29, 0.717) is 0 Å². The zero-order valence-electron chi connectivity index (χ0n) is 11.2. The number of benzene rings is 1. The standard InChI is InChI=1S/C12H9N.C6H7N/c1-2-5-10-9(4-1)8-12-11(10)6-3-7-13-12;1-2-4-6-7-5-3-1/h1-7H,8H2;1-7H. The van der Waals surface area contributed by atoms with Gasteiger partial charge in [0.1, 0.15) is 0 Å². The number of hydrogen-bond donors (Lipinski definition) is 1. The van der Waals surface area contributed by atoms with Gasteiger partial charge < -0.3 is 5.32 Å². The number of allylic oxidation sites excluding steroid dienone is 4. The number of nitrogens with zero attached hydrogens (tertiary/aromatic N) is 1. The van der Waals surface area contributed by atoms with Gasteiger partial charge in [0, 0.05) is 30.6 Å². The lowest BCUT2D eigenvalue weighted by molar-refractivity contribution is 1.12. The number of pyridine rings is 1. The Morgan fingerprint density at radius 1 is 0.800 bits per heavy atom. The fourth-order valence-corrected chi connectivity index (χ4v) is 2.35. The summed E-state index contributed by atoms with van der Waals surface area (Å²) in [5, 5.41) is 2.92. The van der Waals surface area contributed by atoms with E-state index < -0.39 is 0 Å². The molecule has 2 aliphatic rings. The highest BCUT2D eigenvalue weighted by Gasteiger charge is 2.17. The highest BCUT2D eigenvalue weighted by molar-refractivity contribution is 5.74. The molecular weight excluding hydrogens is 244 g/mol. The smallest absolute Gasteiger partial charge is 0.0525 e. The van der Waals surface area contributed by atoms with Gasteiger partial charge in [-0.25, -0.2) is 0 Å². The van der Waals surface area contributed by atoms with Gasteiger partial charge >= 0.3 is 0 Å². The number of hydrogen-bond acceptors (Lipinski definition) is 2. The molecule has 0 saturated carbocycles. The van der Waals surface area contributed by atoms with E-state index in [1.807, 2.05) is 49.0 Å². The van der Waals surface area contributed by atoms with Gasteiger partial charge in [-0.2, -0.15) is 0 Å². The van der Waals surface area contributed by atoms with Crippen LogP contribution in [0.1, 0.15) is 11.3 Å². The van der Waals surface area contributed by atoms with Gasteiger partial charge in [-0.3, -0.25) is 4.98 Å². The second kappa shape index (κ2) is 6.02. The van der Waals surface area contributed by atoms with E-state index in [0.717, 1.165) is 6.42 Å². The van der Waals surface area contributed by atoms with Crippen molar-refractivity contribution in [1.82, 2.24) is 10.3 Å². The summed E-state index contributed by atoms with van der Waals surface area (Å²) in [4.78, 5) is 4.37. The molecule has 4 rings (SSSR count). The van der Waals surface area contributed by atoms with Crippen LogP contribution in [0.4, 0.5) is 0 Å². The minimum atomic E-state index is 0.992. The van der Waals surface area contributed by atoms with Crippen LogP contribution in [0.5, 0.6) is 0 Å². The molecule has 2 aromatic rings. The van der Waals surface area contributed by atoms with Gasteiger partial charge in [0.2, 0.25) is 0 Å². The molecule has 1 aliphatic carbocycles. The summed E-state index contributed by atoms with van der Waals surface area (Å²) in [7, 11) is 0. The van der Waals surface area contributed by atoms with Crippen LogP contribution >= 0.6 is 0 Å². The molecule has 0 saturated heterocycles. The van der Waals surface area contributed by atoms with E-state index in [9.17, 15) is 0 Å². The first-order valence-corrected chi connectivity index (χ1v) is 6.72. The summed E-state index contributed by atoms with van der Waals surface area (Å²) in [6.45, 7) is 0. The topological polar surface area (TPSA) is 24.9 Å².